The molecule has 35 heavy (non-hydrogen) atoms. The predicted molar refractivity (Wildman–Crippen MR) is 120 cm³/mol. The molecule has 1 saturated carbocycles. The van der Waals surface area contributed by atoms with Crippen LogP contribution < -0.4 is 14.4 Å². The molecule has 12 heteroatoms. The number of hydrogen-bond donors (Lipinski definition) is 1. The number of pyridine rings is 1. The van der Waals surface area contributed by atoms with Crippen LogP contribution in [-0.2, 0) is 16.2 Å². The van der Waals surface area contributed by atoms with E-state index in [-0.39, 0.29) is 35.6 Å². The van der Waals surface area contributed by atoms with Gasteiger partial charge in [-0.25, -0.2) is 22.5 Å². The molecule has 190 valence electrons. The zero-order chi connectivity index (χ0) is 25.4. The second-order valence-corrected chi connectivity index (χ2v) is 10.7. The van der Waals surface area contributed by atoms with Gasteiger partial charge in [-0.3, -0.25) is 4.79 Å². The van der Waals surface area contributed by atoms with E-state index < -0.39 is 33.5 Å². The van der Waals surface area contributed by atoms with Crippen LogP contribution in [0.15, 0.2) is 30.5 Å². The molecule has 2 heterocycles. The number of benzene rings is 1. The molecule has 1 saturated heterocycles. The van der Waals surface area contributed by atoms with Gasteiger partial charge in [0.25, 0.3) is 5.91 Å². The van der Waals surface area contributed by atoms with Gasteiger partial charge < -0.3 is 9.64 Å². The third-order valence-corrected chi connectivity index (χ3v) is 7.42. The Morgan fingerprint density at radius 1 is 1.23 bits per heavy atom. The number of halogens is 4. The summed E-state index contributed by atoms with van der Waals surface area (Å²) in [7, 11) is -3.85. The van der Waals surface area contributed by atoms with Gasteiger partial charge in [0.15, 0.2) is 0 Å². The zero-order valence-electron chi connectivity index (χ0n) is 18.9. The van der Waals surface area contributed by atoms with Gasteiger partial charge in [0.1, 0.15) is 24.0 Å². The molecule has 0 spiro atoms. The fourth-order valence-electron chi connectivity index (χ4n) is 4.07. The van der Waals surface area contributed by atoms with Crippen LogP contribution in [0, 0.1) is 5.82 Å². The quantitative estimate of drug-likeness (QED) is 0.529. The van der Waals surface area contributed by atoms with E-state index >= 15 is 0 Å². The van der Waals surface area contributed by atoms with Crippen molar-refractivity contribution < 1.29 is 35.5 Å². The van der Waals surface area contributed by atoms with Crippen molar-refractivity contribution in [3.8, 4) is 5.75 Å². The molecule has 0 unspecified atom stereocenters. The molecule has 1 aliphatic carbocycles. The third-order valence-electron chi connectivity index (χ3n) is 6.17. The second-order valence-electron chi connectivity index (χ2n) is 8.68. The van der Waals surface area contributed by atoms with Gasteiger partial charge in [0.2, 0.25) is 10.0 Å². The lowest BCUT2D eigenvalue weighted by molar-refractivity contribution is -0.137. The van der Waals surface area contributed by atoms with E-state index in [9.17, 15) is 30.8 Å². The van der Waals surface area contributed by atoms with Crippen molar-refractivity contribution in [3.63, 3.8) is 0 Å². The van der Waals surface area contributed by atoms with Crippen molar-refractivity contribution >= 4 is 21.7 Å². The first kappa shape index (κ1) is 25.2. The van der Waals surface area contributed by atoms with Gasteiger partial charge in [-0.2, -0.15) is 13.2 Å². The summed E-state index contributed by atoms with van der Waals surface area (Å²) in [4.78, 5) is 18.2. The minimum Gasteiger partial charge on any atom is -0.491 e. The van der Waals surface area contributed by atoms with E-state index in [2.05, 4.69) is 4.98 Å². The van der Waals surface area contributed by atoms with E-state index in [0.29, 0.717) is 17.9 Å². The Balaban J connectivity index is 1.50. The highest BCUT2D eigenvalue weighted by molar-refractivity contribution is 7.90. The maximum Gasteiger partial charge on any atom is 0.417 e. The van der Waals surface area contributed by atoms with Gasteiger partial charge in [-0.05, 0) is 62.3 Å². The topological polar surface area (TPSA) is 88.6 Å². The number of nitrogens with one attached hydrogen (secondary N) is 1. The van der Waals surface area contributed by atoms with E-state index in [4.69, 9.17) is 4.74 Å². The van der Waals surface area contributed by atoms with Crippen LogP contribution in [0.5, 0.6) is 5.75 Å². The number of aromatic nitrogens is 1. The van der Waals surface area contributed by atoms with Crippen LogP contribution in [0.3, 0.4) is 0 Å². The van der Waals surface area contributed by atoms with Crippen LogP contribution in [0.2, 0.25) is 0 Å². The number of alkyl halides is 3. The van der Waals surface area contributed by atoms with Crippen molar-refractivity contribution in [2.45, 2.75) is 50.7 Å². The number of hydrogen-bond acceptors (Lipinski definition) is 6. The molecular formula is C23H25F4N3O4S. The fourth-order valence-corrected chi connectivity index (χ4v) is 4.61. The van der Waals surface area contributed by atoms with Crippen molar-refractivity contribution in [3.05, 3.63) is 53.0 Å². The van der Waals surface area contributed by atoms with Crippen LogP contribution in [0.25, 0.3) is 0 Å². The molecule has 1 amide bonds. The highest BCUT2D eigenvalue weighted by atomic mass is 32.2. The summed E-state index contributed by atoms with van der Waals surface area (Å²) in [6, 6.07) is 4.58. The number of sulfonamides is 1. The number of carbonyl (C=O) groups is 1. The molecule has 1 aromatic heterocycles. The molecule has 2 aliphatic rings. The second kappa shape index (κ2) is 9.63. The van der Waals surface area contributed by atoms with E-state index in [1.165, 1.54) is 19.1 Å². The van der Waals surface area contributed by atoms with Crippen molar-refractivity contribution in [1.82, 2.24) is 9.71 Å². The predicted octanol–water partition coefficient (Wildman–Crippen LogP) is 4.24. The summed E-state index contributed by atoms with van der Waals surface area (Å²) in [6.45, 7) is 2.11. The summed E-state index contributed by atoms with van der Waals surface area (Å²) in [5.41, 5.74) is -0.566. The maximum absolute atomic E-state index is 14.8. The van der Waals surface area contributed by atoms with Gasteiger partial charge in [-0.15, -0.1) is 0 Å². The number of rotatable bonds is 8. The number of amides is 1. The van der Waals surface area contributed by atoms with Gasteiger partial charge in [0, 0.05) is 18.8 Å². The Morgan fingerprint density at radius 2 is 1.97 bits per heavy atom. The lowest BCUT2D eigenvalue weighted by Gasteiger charge is -2.26. The summed E-state index contributed by atoms with van der Waals surface area (Å²) < 4.78 is 84.5. The maximum atomic E-state index is 14.8. The molecule has 4 rings (SSSR count). The minimum atomic E-state index is -4.47. The molecule has 0 radical (unpaired) electrons. The molecule has 1 aromatic carbocycles. The number of ether oxygens (including phenoxy) is 1. The third kappa shape index (κ3) is 5.85. The average molecular weight is 516 g/mol. The van der Waals surface area contributed by atoms with Crippen molar-refractivity contribution in [2.75, 3.05) is 23.8 Å². The Labute approximate surface area is 200 Å². The molecule has 1 aliphatic heterocycles. The molecule has 2 fully saturated rings. The lowest BCUT2D eigenvalue weighted by atomic mass is 10.0. The summed E-state index contributed by atoms with van der Waals surface area (Å²) in [5.74, 6) is -1.50. The Hall–Kier alpha value is -2.89. The number of carbonyl (C=O) groups excluding carboxylic acids is 1. The SMILES string of the molecule is CCS(=O)(=O)NC(=O)c1cc(C2CC2)c(OC[C@H]2CCCN2c2ccc(C(F)(F)F)cn2)cc1F. The summed E-state index contributed by atoms with van der Waals surface area (Å²) in [6.07, 6.45) is -0.478. The molecule has 2 aromatic rings. The van der Waals surface area contributed by atoms with E-state index in [0.717, 1.165) is 44.0 Å². The first-order chi connectivity index (χ1) is 16.5. The largest absolute Gasteiger partial charge is 0.491 e. The Kier molecular flexibility index (Phi) is 6.94. The highest BCUT2D eigenvalue weighted by Crippen LogP contribution is 2.45. The summed E-state index contributed by atoms with van der Waals surface area (Å²) in [5, 5.41) is 0. The number of nitrogens with zero attached hydrogens (tertiary/aromatic N) is 2. The van der Waals surface area contributed by atoms with Crippen molar-refractivity contribution in [1.29, 1.82) is 0 Å². The molecule has 7 nitrogen and oxygen atoms in total. The summed E-state index contributed by atoms with van der Waals surface area (Å²) >= 11 is 0. The monoisotopic (exact) mass is 515 g/mol. The molecule has 1 N–H and O–H groups in total. The van der Waals surface area contributed by atoms with Crippen molar-refractivity contribution in [2.24, 2.45) is 0 Å². The Morgan fingerprint density at radius 3 is 2.57 bits per heavy atom. The fraction of sp³-hybridized carbons (Fsp3) is 0.478. The standard InChI is InChI=1S/C23H25F4N3O4S/c1-2-35(32,33)29-22(31)18-10-17(14-5-6-14)20(11-19(18)24)34-13-16-4-3-9-30(16)21-8-7-15(12-28-21)23(25,26)27/h7-8,10-12,14,16H,2-6,9,13H2,1H3,(H,29,31)/t16-/m1/s1. The first-order valence-electron chi connectivity index (χ1n) is 11.3. The Bertz CT molecular complexity index is 1200. The average Bonchev–Trinajstić information content (AvgIpc) is 3.53. The first-order valence-corrected chi connectivity index (χ1v) is 12.9. The number of anilines is 1. The minimum absolute atomic E-state index is 0.0798. The van der Waals surface area contributed by atoms with Gasteiger partial charge >= 0.3 is 6.18 Å². The molecule has 1 atom stereocenters. The highest BCUT2D eigenvalue weighted by Gasteiger charge is 2.33. The molecular weight excluding hydrogens is 490 g/mol. The normalized spacial score (nSPS) is 18.5. The molecule has 0 bridgehead atoms. The van der Waals surface area contributed by atoms with Crippen LogP contribution in [0.4, 0.5) is 23.4 Å². The van der Waals surface area contributed by atoms with Gasteiger partial charge in [-0.1, -0.05) is 0 Å². The van der Waals surface area contributed by atoms with E-state index in [1.54, 1.807) is 0 Å². The van der Waals surface area contributed by atoms with E-state index in [1.807, 2.05) is 9.62 Å². The lowest BCUT2D eigenvalue weighted by Crippen LogP contribution is -2.35. The van der Waals surface area contributed by atoms with Crippen LogP contribution in [-0.4, -0.2) is 44.3 Å². The smallest absolute Gasteiger partial charge is 0.417 e. The van der Waals surface area contributed by atoms with Crippen LogP contribution >= 0.6 is 0 Å². The van der Waals surface area contributed by atoms with Gasteiger partial charge in [0.05, 0.1) is 22.9 Å². The zero-order valence-corrected chi connectivity index (χ0v) is 19.8. The van der Waals surface area contributed by atoms with Crippen LogP contribution in [0.1, 0.15) is 60.0 Å².